The van der Waals surface area contributed by atoms with Crippen molar-refractivity contribution in [2.45, 2.75) is 0 Å². The van der Waals surface area contributed by atoms with Crippen LogP contribution in [0.5, 0.6) is 0 Å². The van der Waals surface area contributed by atoms with Crippen molar-refractivity contribution in [2.24, 2.45) is 0 Å². The summed E-state index contributed by atoms with van der Waals surface area (Å²) in [4.78, 5) is 2.33. The zero-order valence-corrected chi connectivity index (χ0v) is 17.6. The van der Waals surface area contributed by atoms with E-state index in [1.54, 1.807) is 0 Å². The number of fused-ring (bicyclic) bond motifs is 4. The fraction of sp³-hybridized carbons (Fsp3) is 0. The third-order valence-electron chi connectivity index (χ3n) is 6.13. The number of hydrogen-bond acceptors (Lipinski definition) is 1. The molecule has 0 aliphatic rings. The summed E-state index contributed by atoms with van der Waals surface area (Å²) >= 11 is 0. The molecule has 0 bridgehead atoms. The lowest BCUT2D eigenvalue weighted by Crippen LogP contribution is -2.12. The van der Waals surface area contributed by atoms with E-state index in [4.69, 9.17) is 7.85 Å². The number of hydrogen-bond donors (Lipinski definition) is 0. The van der Waals surface area contributed by atoms with Crippen molar-refractivity contribution >= 4 is 62.7 Å². The van der Waals surface area contributed by atoms with Crippen LogP contribution in [0.1, 0.15) is 0 Å². The molecule has 0 amide bonds. The van der Waals surface area contributed by atoms with Gasteiger partial charge < -0.3 is 4.90 Å². The maximum atomic E-state index is 6.03. The van der Waals surface area contributed by atoms with Crippen molar-refractivity contribution in [2.75, 3.05) is 4.90 Å². The molecule has 0 saturated carbocycles. The minimum absolute atomic E-state index is 0.760. The Morgan fingerprint density at radius 2 is 1.03 bits per heavy atom. The Hall–Kier alpha value is -4.04. The first-order valence-electron chi connectivity index (χ1n) is 10.8. The van der Waals surface area contributed by atoms with Gasteiger partial charge in [0.05, 0.1) is 5.69 Å². The summed E-state index contributed by atoms with van der Waals surface area (Å²) in [5.41, 5.74) is 4.11. The molecular weight excluding hydrogens is 385 g/mol. The normalized spacial score (nSPS) is 11.2. The van der Waals surface area contributed by atoms with Gasteiger partial charge in [0.1, 0.15) is 7.85 Å². The molecule has 1 nitrogen and oxygen atoms in total. The molecule has 6 aromatic rings. The van der Waals surface area contributed by atoms with Crippen LogP contribution in [0.2, 0.25) is 0 Å². The molecule has 2 heteroatoms. The Morgan fingerprint density at radius 3 is 1.81 bits per heavy atom. The molecule has 6 aromatic carbocycles. The van der Waals surface area contributed by atoms with Gasteiger partial charge in [-0.15, -0.1) is 0 Å². The van der Waals surface area contributed by atoms with E-state index in [1.165, 1.54) is 32.3 Å². The molecule has 0 N–H and O–H groups in total. The maximum absolute atomic E-state index is 6.03. The molecule has 0 atom stereocenters. The van der Waals surface area contributed by atoms with Crippen LogP contribution in [0.15, 0.2) is 121 Å². The van der Waals surface area contributed by atoms with Gasteiger partial charge in [-0.2, -0.15) is 0 Å². The molecule has 0 aliphatic carbocycles. The summed E-state index contributed by atoms with van der Waals surface area (Å²) in [6.45, 7) is 0. The molecule has 0 heterocycles. The molecule has 148 valence electrons. The third-order valence-corrected chi connectivity index (χ3v) is 6.13. The van der Waals surface area contributed by atoms with Crippen molar-refractivity contribution < 1.29 is 0 Å². The van der Waals surface area contributed by atoms with E-state index in [1.807, 2.05) is 12.1 Å². The van der Waals surface area contributed by atoms with Gasteiger partial charge in [-0.1, -0.05) is 96.5 Å². The van der Waals surface area contributed by atoms with Gasteiger partial charge >= 0.3 is 0 Å². The van der Waals surface area contributed by atoms with Crippen LogP contribution in [0.25, 0.3) is 32.3 Å². The standard InChI is InChI=1S/C30H20BN/c31-24-14-17-25(18-15-24)32(26-16-13-21-7-1-2-8-22(21)19-26)30-20-23-9-3-4-10-27(23)28-11-5-6-12-29(28)30/h1-20H. The van der Waals surface area contributed by atoms with E-state index < -0.39 is 0 Å². The Kier molecular flexibility index (Phi) is 4.43. The van der Waals surface area contributed by atoms with Gasteiger partial charge in [-0.05, 0) is 57.3 Å². The summed E-state index contributed by atoms with van der Waals surface area (Å²) < 4.78 is 0. The van der Waals surface area contributed by atoms with Crippen molar-refractivity contribution in [3.05, 3.63) is 121 Å². The monoisotopic (exact) mass is 405 g/mol. The zero-order valence-electron chi connectivity index (χ0n) is 17.6. The number of benzene rings is 6. The summed E-state index contributed by atoms with van der Waals surface area (Å²) in [6.07, 6.45) is 0. The summed E-state index contributed by atoms with van der Waals surface area (Å²) in [5, 5.41) is 7.41. The highest BCUT2D eigenvalue weighted by Crippen LogP contribution is 2.42. The molecule has 0 aliphatic heterocycles. The van der Waals surface area contributed by atoms with E-state index in [0.717, 1.165) is 22.5 Å². The fourth-order valence-electron chi connectivity index (χ4n) is 4.59. The largest absolute Gasteiger partial charge is 0.310 e. The minimum Gasteiger partial charge on any atom is -0.310 e. The van der Waals surface area contributed by atoms with Crippen LogP contribution in [0, 0.1) is 0 Å². The lowest BCUT2D eigenvalue weighted by molar-refractivity contribution is 1.31. The van der Waals surface area contributed by atoms with Crippen molar-refractivity contribution in [3.8, 4) is 0 Å². The SMILES string of the molecule is [B]c1ccc(N(c2ccc3ccccc3c2)c2cc3ccccc3c3ccccc23)cc1. The Morgan fingerprint density at radius 1 is 0.438 bits per heavy atom. The molecular formula is C30H20BN. The van der Waals surface area contributed by atoms with Crippen LogP contribution in [-0.2, 0) is 0 Å². The highest BCUT2D eigenvalue weighted by molar-refractivity contribution is 6.32. The van der Waals surface area contributed by atoms with Gasteiger partial charge in [0.2, 0.25) is 0 Å². The maximum Gasteiger partial charge on any atom is 0.113 e. The molecule has 32 heavy (non-hydrogen) atoms. The van der Waals surface area contributed by atoms with E-state index >= 15 is 0 Å². The number of nitrogens with zero attached hydrogens (tertiary/aromatic N) is 1. The summed E-state index contributed by atoms with van der Waals surface area (Å²) in [6, 6.07) is 42.8. The average molecular weight is 405 g/mol. The number of anilines is 3. The predicted octanol–water partition coefficient (Wildman–Crippen LogP) is 7.41. The Labute approximate surface area is 189 Å². The molecule has 2 radical (unpaired) electrons. The quantitative estimate of drug-likeness (QED) is 0.219. The molecule has 0 saturated heterocycles. The van der Waals surface area contributed by atoms with Crippen LogP contribution in [0.4, 0.5) is 17.1 Å². The van der Waals surface area contributed by atoms with E-state index in [2.05, 4.69) is 114 Å². The zero-order chi connectivity index (χ0) is 21.5. The van der Waals surface area contributed by atoms with E-state index in [9.17, 15) is 0 Å². The van der Waals surface area contributed by atoms with Gasteiger partial charge in [0, 0.05) is 16.8 Å². The average Bonchev–Trinajstić information content (AvgIpc) is 2.85. The molecule has 0 spiro atoms. The highest BCUT2D eigenvalue weighted by atomic mass is 15.1. The topological polar surface area (TPSA) is 3.24 Å². The Bertz CT molecular complexity index is 1580. The first-order valence-corrected chi connectivity index (χ1v) is 10.8. The first-order chi connectivity index (χ1) is 15.8. The predicted molar refractivity (Wildman–Crippen MR) is 139 cm³/mol. The van der Waals surface area contributed by atoms with Gasteiger partial charge in [-0.3, -0.25) is 0 Å². The van der Waals surface area contributed by atoms with E-state index in [0.29, 0.717) is 0 Å². The fourth-order valence-corrected chi connectivity index (χ4v) is 4.59. The molecule has 0 fully saturated rings. The van der Waals surface area contributed by atoms with Crippen molar-refractivity contribution in [3.63, 3.8) is 0 Å². The lowest BCUT2D eigenvalue weighted by atomic mass is 9.95. The molecule has 0 unspecified atom stereocenters. The Balaban J connectivity index is 1.69. The second kappa shape index (κ2) is 7.58. The van der Waals surface area contributed by atoms with E-state index in [-0.39, 0.29) is 0 Å². The van der Waals surface area contributed by atoms with Crippen LogP contribution in [0.3, 0.4) is 0 Å². The van der Waals surface area contributed by atoms with Crippen LogP contribution >= 0.6 is 0 Å². The van der Waals surface area contributed by atoms with Crippen molar-refractivity contribution in [1.82, 2.24) is 0 Å². The minimum atomic E-state index is 0.760. The van der Waals surface area contributed by atoms with Gasteiger partial charge in [0.25, 0.3) is 0 Å². The smallest absolute Gasteiger partial charge is 0.113 e. The van der Waals surface area contributed by atoms with Crippen LogP contribution < -0.4 is 10.4 Å². The molecule has 6 rings (SSSR count). The highest BCUT2D eigenvalue weighted by Gasteiger charge is 2.17. The number of rotatable bonds is 3. The second-order valence-corrected chi connectivity index (χ2v) is 8.12. The second-order valence-electron chi connectivity index (χ2n) is 8.12. The lowest BCUT2D eigenvalue weighted by Gasteiger charge is -2.28. The third kappa shape index (κ3) is 3.12. The summed E-state index contributed by atoms with van der Waals surface area (Å²) in [5.74, 6) is 0. The van der Waals surface area contributed by atoms with Crippen molar-refractivity contribution in [1.29, 1.82) is 0 Å². The first kappa shape index (κ1) is 18.7. The summed E-state index contributed by atoms with van der Waals surface area (Å²) in [7, 11) is 6.03. The van der Waals surface area contributed by atoms with Gasteiger partial charge in [0.15, 0.2) is 0 Å². The van der Waals surface area contributed by atoms with Gasteiger partial charge in [-0.25, -0.2) is 0 Å². The molecule has 0 aromatic heterocycles. The van der Waals surface area contributed by atoms with Crippen LogP contribution in [-0.4, -0.2) is 7.85 Å².